The Hall–Kier alpha value is -3.55. The first kappa shape index (κ1) is 22.1. The Morgan fingerprint density at radius 1 is 1.06 bits per heavy atom. The van der Waals surface area contributed by atoms with Crippen molar-refractivity contribution in [2.45, 2.75) is 39.7 Å². The van der Waals surface area contributed by atoms with Gasteiger partial charge in [-0.2, -0.15) is 0 Å². The predicted molar refractivity (Wildman–Crippen MR) is 117 cm³/mol. The number of rotatable bonds is 4. The normalized spacial score (nSPS) is 15.9. The molecule has 8 heteroatoms. The Bertz CT molecular complexity index is 973. The monoisotopic (exact) mass is 425 g/mol. The Labute approximate surface area is 181 Å². The lowest BCUT2D eigenvalue weighted by Crippen LogP contribution is -2.58. The highest BCUT2D eigenvalue weighted by Gasteiger charge is 2.42. The third-order valence-corrected chi connectivity index (χ3v) is 4.87. The van der Waals surface area contributed by atoms with Crippen molar-refractivity contribution < 1.29 is 23.9 Å². The molecule has 2 aromatic rings. The molecular formula is C23H27N3O5. The highest BCUT2D eigenvalue weighted by molar-refractivity contribution is 6.24. The third-order valence-electron chi connectivity index (χ3n) is 4.87. The number of amides is 3. The van der Waals surface area contributed by atoms with Gasteiger partial charge in [0, 0.05) is 12.1 Å². The zero-order valence-electron chi connectivity index (χ0n) is 17.9. The molecule has 1 atom stereocenters. The molecule has 1 unspecified atom stereocenters. The number of hydrogen-bond donors (Lipinski definition) is 2. The summed E-state index contributed by atoms with van der Waals surface area (Å²) in [5.41, 5.74) is 1.21. The fourth-order valence-corrected chi connectivity index (χ4v) is 3.15. The van der Waals surface area contributed by atoms with Crippen molar-refractivity contribution in [1.82, 2.24) is 5.32 Å². The molecule has 0 saturated heterocycles. The van der Waals surface area contributed by atoms with Gasteiger partial charge in [0.05, 0.1) is 11.4 Å². The van der Waals surface area contributed by atoms with E-state index in [-0.39, 0.29) is 12.4 Å². The van der Waals surface area contributed by atoms with E-state index in [1.165, 1.54) is 17.7 Å². The summed E-state index contributed by atoms with van der Waals surface area (Å²) in [7, 11) is 0. The van der Waals surface area contributed by atoms with E-state index < -0.39 is 23.8 Å². The van der Waals surface area contributed by atoms with E-state index in [9.17, 15) is 14.4 Å². The molecule has 0 fully saturated rings. The van der Waals surface area contributed by atoms with Gasteiger partial charge in [0.2, 0.25) is 6.79 Å². The number of nitrogens with one attached hydrogen (secondary N) is 2. The number of nitrogens with zero attached hydrogens (tertiary/aromatic N) is 1. The van der Waals surface area contributed by atoms with Crippen molar-refractivity contribution in [2.24, 2.45) is 0 Å². The van der Waals surface area contributed by atoms with Crippen LogP contribution in [-0.2, 0) is 9.59 Å². The maximum atomic E-state index is 13.3. The molecule has 4 rings (SSSR count). The number of likely N-dealkylation sites (N-methyl/N-ethyl adjacent to an activating group) is 1. The molecule has 0 aliphatic carbocycles. The van der Waals surface area contributed by atoms with Crippen LogP contribution in [0.1, 0.15) is 44.0 Å². The highest BCUT2D eigenvalue weighted by atomic mass is 16.7. The minimum atomic E-state index is -1.31. The average molecular weight is 425 g/mol. The first-order chi connectivity index (χ1) is 15.0. The number of carbonyl (C=O) groups excluding carboxylic acids is 3. The molecular weight excluding hydrogens is 398 g/mol. The molecule has 2 aromatic carbocycles. The fourth-order valence-electron chi connectivity index (χ4n) is 3.15. The van der Waals surface area contributed by atoms with Gasteiger partial charge in [0.25, 0.3) is 17.7 Å². The molecule has 2 aliphatic heterocycles. The quantitative estimate of drug-likeness (QED) is 0.733. The van der Waals surface area contributed by atoms with E-state index in [0.717, 1.165) is 0 Å². The highest BCUT2D eigenvalue weighted by Crippen LogP contribution is 2.36. The van der Waals surface area contributed by atoms with Crippen molar-refractivity contribution in [3.8, 4) is 11.5 Å². The van der Waals surface area contributed by atoms with E-state index in [1.54, 1.807) is 49.4 Å². The number of unbranched alkanes of at least 4 members (excludes halogenated alkanes) is 1. The maximum Gasteiger partial charge on any atom is 0.259 e. The summed E-state index contributed by atoms with van der Waals surface area (Å²) < 4.78 is 10.6. The van der Waals surface area contributed by atoms with Gasteiger partial charge in [-0.1, -0.05) is 38.8 Å². The van der Waals surface area contributed by atoms with Crippen molar-refractivity contribution >= 4 is 29.1 Å². The second-order valence-corrected chi connectivity index (χ2v) is 7.05. The standard InChI is InChI=1S/C19H17N3O5.C4H10/c1-2-20-17(23)16-18(24)21-12-5-3-4-6-13(12)22(16)19(25)11-7-8-14-15(9-11)27-10-26-14;1-3-4-2/h3-9,16H,2,10H2,1H3,(H,20,23)(H,21,24);3-4H2,1-2H3. The van der Waals surface area contributed by atoms with Gasteiger partial charge in [0.1, 0.15) is 0 Å². The number of benzene rings is 2. The third kappa shape index (κ3) is 4.63. The number of para-hydroxylation sites is 2. The van der Waals surface area contributed by atoms with Crippen LogP contribution in [0.25, 0.3) is 0 Å². The van der Waals surface area contributed by atoms with Gasteiger partial charge in [-0.05, 0) is 37.3 Å². The van der Waals surface area contributed by atoms with Crippen molar-refractivity contribution in [3.05, 3.63) is 48.0 Å². The molecule has 2 heterocycles. The van der Waals surface area contributed by atoms with Crippen LogP contribution in [0.4, 0.5) is 11.4 Å². The first-order valence-electron chi connectivity index (χ1n) is 10.4. The minimum Gasteiger partial charge on any atom is -0.454 e. The van der Waals surface area contributed by atoms with Crippen LogP contribution in [0, 0.1) is 0 Å². The summed E-state index contributed by atoms with van der Waals surface area (Å²) in [6, 6.07) is 10.3. The van der Waals surface area contributed by atoms with Gasteiger partial charge in [-0.25, -0.2) is 0 Å². The summed E-state index contributed by atoms with van der Waals surface area (Å²) in [6.45, 7) is 6.54. The van der Waals surface area contributed by atoms with Gasteiger partial charge in [-0.3, -0.25) is 19.3 Å². The summed E-state index contributed by atoms with van der Waals surface area (Å²) in [5.74, 6) is -0.590. The van der Waals surface area contributed by atoms with Gasteiger partial charge in [0.15, 0.2) is 17.5 Å². The first-order valence-corrected chi connectivity index (χ1v) is 10.4. The van der Waals surface area contributed by atoms with Gasteiger partial charge in [-0.15, -0.1) is 0 Å². The average Bonchev–Trinajstić information content (AvgIpc) is 3.26. The Balaban J connectivity index is 0.000000628. The van der Waals surface area contributed by atoms with Crippen LogP contribution in [-0.4, -0.2) is 37.1 Å². The van der Waals surface area contributed by atoms with Crippen LogP contribution < -0.4 is 25.0 Å². The van der Waals surface area contributed by atoms with Crippen LogP contribution >= 0.6 is 0 Å². The number of hydrogen-bond acceptors (Lipinski definition) is 5. The molecule has 3 amide bonds. The lowest BCUT2D eigenvalue weighted by molar-refractivity contribution is -0.128. The molecule has 0 aromatic heterocycles. The molecule has 2 aliphatic rings. The smallest absolute Gasteiger partial charge is 0.259 e. The second kappa shape index (κ2) is 9.97. The van der Waals surface area contributed by atoms with Gasteiger partial charge < -0.3 is 20.1 Å². The molecule has 2 N–H and O–H groups in total. The fraction of sp³-hybridized carbons (Fsp3) is 0.348. The summed E-state index contributed by atoms with van der Waals surface area (Å²) in [5, 5.41) is 5.31. The zero-order valence-corrected chi connectivity index (χ0v) is 17.9. The molecule has 8 nitrogen and oxygen atoms in total. The van der Waals surface area contributed by atoms with E-state index >= 15 is 0 Å². The molecule has 0 radical (unpaired) electrons. The summed E-state index contributed by atoms with van der Waals surface area (Å²) in [4.78, 5) is 39.7. The lowest BCUT2D eigenvalue weighted by Gasteiger charge is -2.35. The number of fused-ring (bicyclic) bond motifs is 2. The number of carbonyl (C=O) groups is 3. The molecule has 31 heavy (non-hydrogen) atoms. The lowest BCUT2D eigenvalue weighted by atomic mass is 10.0. The largest absolute Gasteiger partial charge is 0.454 e. The van der Waals surface area contributed by atoms with Crippen LogP contribution in [0.5, 0.6) is 11.5 Å². The topological polar surface area (TPSA) is 97.0 Å². The SMILES string of the molecule is CCCC.CCNC(=O)C1C(=O)Nc2ccccc2N1C(=O)c1ccc2c(c1)OCO2. The molecule has 164 valence electrons. The van der Waals surface area contributed by atoms with Crippen molar-refractivity contribution in [3.63, 3.8) is 0 Å². The van der Waals surface area contributed by atoms with E-state index in [4.69, 9.17) is 9.47 Å². The molecule has 0 spiro atoms. The van der Waals surface area contributed by atoms with E-state index in [2.05, 4.69) is 24.5 Å². The van der Waals surface area contributed by atoms with Crippen LogP contribution in [0.15, 0.2) is 42.5 Å². The van der Waals surface area contributed by atoms with E-state index in [0.29, 0.717) is 29.4 Å². The zero-order chi connectivity index (χ0) is 22.4. The van der Waals surface area contributed by atoms with Crippen LogP contribution in [0.2, 0.25) is 0 Å². The van der Waals surface area contributed by atoms with Crippen molar-refractivity contribution in [1.29, 1.82) is 0 Å². The summed E-state index contributed by atoms with van der Waals surface area (Å²) in [6.07, 6.45) is 2.64. The Morgan fingerprint density at radius 3 is 2.48 bits per heavy atom. The van der Waals surface area contributed by atoms with Gasteiger partial charge >= 0.3 is 0 Å². The molecule has 0 bridgehead atoms. The predicted octanol–water partition coefficient (Wildman–Crippen LogP) is 3.33. The number of anilines is 2. The Kier molecular flexibility index (Phi) is 7.12. The maximum absolute atomic E-state index is 13.3. The number of ether oxygens (including phenoxy) is 2. The Morgan fingerprint density at radius 2 is 1.77 bits per heavy atom. The van der Waals surface area contributed by atoms with Crippen molar-refractivity contribution in [2.75, 3.05) is 23.6 Å². The van der Waals surface area contributed by atoms with E-state index in [1.807, 2.05) is 0 Å². The summed E-state index contributed by atoms with van der Waals surface area (Å²) >= 11 is 0. The second-order valence-electron chi connectivity index (χ2n) is 7.05. The minimum absolute atomic E-state index is 0.0868. The molecule has 0 saturated carbocycles. The van der Waals surface area contributed by atoms with Crippen LogP contribution in [0.3, 0.4) is 0 Å².